The van der Waals surface area contributed by atoms with Crippen molar-refractivity contribution < 1.29 is 4.79 Å². The van der Waals surface area contributed by atoms with Crippen LogP contribution in [0.3, 0.4) is 0 Å². The monoisotopic (exact) mass is 451 g/mol. The Morgan fingerprint density at radius 2 is 1.78 bits per heavy atom. The van der Waals surface area contributed by atoms with Gasteiger partial charge in [-0.1, -0.05) is 44.2 Å². The average molecular weight is 452 g/mol. The predicted molar refractivity (Wildman–Crippen MR) is 133 cm³/mol. The molecule has 3 aromatic rings. The molecule has 4 N–H and O–H groups in total. The Labute approximate surface area is 195 Å². The lowest BCUT2D eigenvalue weighted by Crippen LogP contribution is -2.49. The van der Waals surface area contributed by atoms with E-state index in [1.54, 1.807) is 0 Å². The van der Waals surface area contributed by atoms with Gasteiger partial charge >= 0.3 is 6.03 Å². The summed E-state index contributed by atoms with van der Waals surface area (Å²) in [7, 11) is 0. The second kappa shape index (κ2) is 11.2. The zero-order valence-corrected chi connectivity index (χ0v) is 19.9. The smallest absolute Gasteiger partial charge is 0.315 e. The van der Waals surface area contributed by atoms with E-state index in [1.807, 2.05) is 47.1 Å². The topological polar surface area (TPSA) is 85.0 Å². The van der Waals surface area contributed by atoms with Crippen LogP contribution in [0.4, 0.5) is 4.79 Å². The fourth-order valence-corrected chi connectivity index (χ4v) is 3.74. The Balaban J connectivity index is 1.68. The fraction of sp³-hybridized carbons (Fsp3) is 0.360. The maximum absolute atomic E-state index is 12.2. The number of amides is 2. The first-order chi connectivity index (χ1) is 15.5. The lowest BCUT2D eigenvalue weighted by molar-refractivity contribution is 0.224. The minimum atomic E-state index is -0.161. The normalized spacial score (nSPS) is 11.4. The number of aromatic nitrogens is 2. The van der Waals surface area contributed by atoms with E-state index in [9.17, 15) is 4.79 Å². The van der Waals surface area contributed by atoms with Gasteiger partial charge < -0.3 is 10.6 Å². The summed E-state index contributed by atoms with van der Waals surface area (Å²) >= 11 is 1.23. The molecule has 6 nitrogen and oxygen atoms in total. The molecular weight excluding hydrogens is 418 g/mol. The summed E-state index contributed by atoms with van der Waals surface area (Å²) in [6.45, 7) is 6.86. The van der Waals surface area contributed by atoms with E-state index >= 15 is 0 Å². The SMILES string of the molecule is CCC(C)(CC)NC(=O)NCCCc1cc(-c2ccccc2)n(-c2ccc(SN)cc2)n1. The molecule has 7 heteroatoms. The maximum atomic E-state index is 12.2. The van der Waals surface area contributed by atoms with Crippen LogP contribution >= 0.6 is 11.9 Å². The van der Waals surface area contributed by atoms with Crippen LogP contribution in [0.25, 0.3) is 16.9 Å². The number of rotatable bonds is 10. The molecule has 3 rings (SSSR count). The zero-order chi connectivity index (χ0) is 23.0. The van der Waals surface area contributed by atoms with Crippen molar-refractivity contribution in [2.75, 3.05) is 6.54 Å². The van der Waals surface area contributed by atoms with Crippen LogP contribution in [0.1, 0.15) is 45.7 Å². The van der Waals surface area contributed by atoms with Crippen LogP contribution in [0, 0.1) is 0 Å². The minimum absolute atomic E-state index is 0.107. The molecule has 0 bridgehead atoms. The molecule has 0 atom stereocenters. The van der Waals surface area contributed by atoms with Crippen LogP contribution in [-0.2, 0) is 6.42 Å². The molecule has 32 heavy (non-hydrogen) atoms. The van der Waals surface area contributed by atoms with E-state index in [-0.39, 0.29) is 11.6 Å². The number of urea groups is 1. The number of nitrogens with one attached hydrogen (secondary N) is 2. The third kappa shape index (κ3) is 6.14. The summed E-state index contributed by atoms with van der Waals surface area (Å²) in [5, 5.41) is 16.6. The fourth-order valence-electron chi connectivity index (χ4n) is 3.45. The van der Waals surface area contributed by atoms with Crippen LogP contribution in [0.5, 0.6) is 0 Å². The molecule has 0 aliphatic rings. The van der Waals surface area contributed by atoms with Crippen molar-refractivity contribution in [2.45, 2.75) is 56.9 Å². The number of hydrogen-bond acceptors (Lipinski definition) is 4. The molecule has 0 unspecified atom stereocenters. The van der Waals surface area contributed by atoms with Crippen LogP contribution < -0.4 is 15.8 Å². The number of carbonyl (C=O) groups is 1. The van der Waals surface area contributed by atoms with E-state index in [4.69, 9.17) is 10.2 Å². The lowest BCUT2D eigenvalue weighted by Gasteiger charge is -2.28. The first kappa shape index (κ1) is 23.9. The quantitative estimate of drug-likeness (QED) is 0.288. The predicted octanol–water partition coefficient (Wildman–Crippen LogP) is 5.32. The molecule has 1 heterocycles. The van der Waals surface area contributed by atoms with E-state index in [0.29, 0.717) is 6.54 Å². The molecule has 0 radical (unpaired) electrons. The molecule has 1 aromatic heterocycles. The van der Waals surface area contributed by atoms with Crippen LogP contribution in [0.2, 0.25) is 0 Å². The zero-order valence-electron chi connectivity index (χ0n) is 19.1. The van der Waals surface area contributed by atoms with Gasteiger partial charge in [-0.25, -0.2) is 9.48 Å². The summed E-state index contributed by atoms with van der Waals surface area (Å²) in [6, 6.07) is 20.3. The van der Waals surface area contributed by atoms with Crippen LogP contribution in [-0.4, -0.2) is 27.9 Å². The third-order valence-corrected chi connectivity index (χ3v) is 6.46. The molecule has 170 valence electrons. The summed E-state index contributed by atoms with van der Waals surface area (Å²) in [5.41, 5.74) is 3.98. The van der Waals surface area contributed by atoms with Gasteiger partial charge in [0.1, 0.15) is 0 Å². The molecule has 0 aliphatic carbocycles. The first-order valence-corrected chi connectivity index (χ1v) is 12.0. The van der Waals surface area contributed by atoms with Crippen molar-refractivity contribution in [2.24, 2.45) is 5.14 Å². The Bertz CT molecular complexity index is 997. The Morgan fingerprint density at radius 3 is 2.41 bits per heavy atom. The Morgan fingerprint density at radius 1 is 1.09 bits per heavy atom. The van der Waals surface area contributed by atoms with Gasteiger partial charge in [0.15, 0.2) is 0 Å². The summed E-state index contributed by atoms with van der Waals surface area (Å²) < 4.78 is 1.98. The van der Waals surface area contributed by atoms with Crippen molar-refractivity contribution in [1.82, 2.24) is 20.4 Å². The van der Waals surface area contributed by atoms with E-state index in [0.717, 1.165) is 53.2 Å². The van der Waals surface area contributed by atoms with Crippen LogP contribution in [0.15, 0.2) is 65.6 Å². The molecular formula is C25H33N5OS. The average Bonchev–Trinajstić information content (AvgIpc) is 3.26. The van der Waals surface area contributed by atoms with Gasteiger partial charge in [0, 0.05) is 22.5 Å². The van der Waals surface area contributed by atoms with E-state index in [2.05, 4.69) is 49.6 Å². The molecule has 2 aromatic carbocycles. The number of hydrogen-bond donors (Lipinski definition) is 3. The van der Waals surface area contributed by atoms with Gasteiger partial charge in [0.25, 0.3) is 0 Å². The lowest BCUT2D eigenvalue weighted by atomic mass is 9.96. The summed E-state index contributed by atoms with van der Waals surface area (Å²) in [4.78, 5) is 13.2. The maximum Gasteiger partial charge on any atom is 0.315 e. The highest BCUT2D eigenvalue weighted by molar-refractivity contribution is 7.97. The van der Waals surface area contributed by atoms with Gasteiger partial charge in [0.2, 0.25) is 0 Å². The van der Waals surface area contributed by atoms with Gasteiger partial charge in [-0.2, -0.15) is 5.10 Å². The van der Waals surface area contributed by atoms with Crippen molar-refractivity contribution in [3.8, 4) is 16.9 Å². The van der Waals surface area contributed by atoms with Gasteiger partial charge in [0.05, 0.1) is 17.1 Å². The second-order valence-electron chi connectivity index (χ2n) is 8.16. The second-order valence-corrected chi connectivity index (χ2v) is 8.87. The molecule has 0 fully saturated rings. The van der Waals surface area contributed by atoms with Gasteiger partial charge in [-0.05, 0) is 74.9 Å². The van der Waals surface area contributed by atoms with Crippen molar-refractivity contribution in [3.63, 3.8) is 0 Å². The molecule has 0 aliphatic heterocycles. The first-order valence-electron chi connectivity index (χ1n) is 11.2. The summed E-state index contributed by atoms with van der Waals surface area (Å²) in [5.74, 6) is 0. The third-order valence-electron chi connectivity index (χ3n) is 5.92. The summed E-state index contributed by atoms with van der Waals surface area (Å²) in [6.07, 6.45) is 3.40. The van der Waals surface area contributed by atoms with Crippen molar-refractivity contribution in [1.29, 1.82) is 0 Å². The number of nitrogens with two attached hydrogens (primary N) is 1. The molecule has 0 saturated heterocycles. The Hall–Kier alpha value is -2.77. The number of carbonyl (C=O) groups excluding carboxylic acids is 1. The van der Waals surface area contributed by atoms with Crippen molar-refractivity contribution in [3.05, 3.63) is 66.4 Å². The standard InChI is InChI=1S/C25H33N5OS/c1-4-25(3,5-2)28-24(31)27-17-9-12-20-18-23(19-10-7-6-8-11-19)30(29-20)21-13-15-22(32-26)16-14-21/h6-8,10-11,13-16,18H,4-5,9,12,17,26H2,1-3H3,(H2,27,28,31). The van der Waals surface area contributed by atoms with E-state index in [1.165, 1.54) is 11.9 Å². The molecule has 2 amide bonds. The number of nitrogens with zero attached hydrogens (tertiary/aromatic N) is 2. The highest BCUT2D eigenvalue weighted by Gasteiger charge is 2.21. The number of aryl methyl sites for hydroxylation is 1. The minimum Gasteiger partial charge on any atom is -0.338 e. The Kier molecular flexibility index (Phi) is 8.36. The molecule has 0 spiro atoms. The highest BCUT2D eigenvalue weighted by atomic mass is 32.2. The highest BCUT2D eigenvalue weighted by Crippen LogP contribution is 2.25. The van der Waals surface area contributed by atoms with Gasteiger partial charge in [-0.15, -0.1) is 0 Å². The largest absolute Gasteiger partial charge is 0.338 e. The number of benzene rings is 2. The molecule has 0 saturated carbocycles. The van der Waals surface area contributed by atoms with E-state index < -0.39 is 0 Å². The van der Waals surface area contributed by atoms with Gasteiger partial charge in [-0.3, -0.25) is 5.14 Å². The van der Waals surface area contributed by atoms with Crippen molar-refractivity contribution >= 4 is 18.0 Å².